The van der Waals surface area contributed by atoms with Crippen LogP contribution in [0.15, 0.2) is 45.4 Å². The summed E-state index contributed by atoms with van der Waals surface area (Å²) in [6, 6.07) is 7.18. The van der Waals surface area contributed by atoms with Gasteiger partial charge >= 0.3 is 5.88 Å². The number of carbonyl (C=O) groups excluding carboxylic acids is 2. The van der Waals surface area contributed by atoms with Crippen molar-refractivity contribution in [1.29, 1.82) is 0 Å². The molecule has 0 aromatic carbocycles. The van der Waals surface area contributed by atoms with E-state index in [4.69, 9.17) is 8.83 Å². The second kappa shape index (κ2) is 8.07. The smallest absolute Gasteiger partial charge is 0.433 e. The molecule has 2 atom stereocenters. The van der Waals surface area contributed by atoms with Crippen molar-refractivity contribution in [2.75, 3.05) is 5.32 Å². The van der Waals surface area contributed by atoms with Crippen molar-refractivity contribution in [2.45, 2.75) is 32.6 Å². The van der Waals surface area contributed by atoms with Gasteiger partial charge in [-0.25, -0.2) is 4.68 Å². The van der Waals surface area contributed by atoms with E-state index in [-0.39, 0.29) is 29.4 Å². The number of nitrogens with zero attached hydrogens (tertiary/aromatic N) is 3. The van der Waals surface area contributed by atoms with Crippen LogP contribution in [0.3, 0.4) is 0 Å². The maximum Gasteiger partial charge on any atom is 0.433 e. The Morgan fingerprint density at radius 1 is 1.39 bits per heavy atom. The number of hydrogen-bond donors (Lipinski definition) is 3. The lowest BCUT2D eigenvalue weighted by molar-refractivity contribution is -0.402. The van der Waals surface area contributed by atoms with E-state index >= 15 is 0 Å². The number of nitro groups is 1. The van der Waals surface area contributed by atoms with Crippen molar-refractivity contribution in [1.82, 2.24) is 20.4 Å². The maximum absolute atomic E-state index is 12.6. The van der Waals surface area contributed by atoms with Crippen molar-refractivity contribution >= 4 is 23.5 Å². The highest BCUT2D eigenvalue weighted by molar-refractivity contribution is 6.02. The number of furan rings is 2. The lowest BCUT2D eigenvalue weighted by Crippen LogP contribution is -2.55. The van der Waals surface area contributed by atoms with E-state index < -0.39 is 23.0 Å². The molecular formula is C19H20N6O6. The van der Waals surface area contributed by atoms with Gasteiger partial charge in [-0.15, -0.1) is 0 Å². The number of aromatic nitrogens is 2. The monoisotopic (exact) mass is 428 g/mol. The number of amides is 2. The van der Waals surface area contributed by atoms with Crippen LogP contribution in [0.4, 0.5) is 11.7 Å². The van der Waals surface area contributed by atoms with Gasteiger partial charge in [0.25, 0.3) is 5.91 Å². The Kier molecular flexibility index (Phi) is 5.29. The highest BCUT2D eigenvalue weighted by atomic mass is 16.6. The normalized spacial score (nSPS) is 18.7. The molecule has 4 heterocycles. The first-order valence-electron chi connectivity index (χ1n) is 9.56. The Bertz CT molecular complexity index is 1120. The molecular weight excluding hydrogens is 408 g/mol. The van der Waals surface area contributed by atoms with E-state index in [9.17, 15) is 19.7 Å². The maximum atomic E-state index is 12.6. The first kappa shape index (κ1) is 20.3. The molecule has 3 N–H and O–H groups in total. The fourth-order valence-corrected chi connectivity index (χ4v) is 3.23. The number of hydrogen-bond acceptors (Lipinski definition) is 8. The largest absolute Gasteiger partial charge is 0.463 e. The summed E-state index contributed by atoms with van der Waals surface area (Å²) in [5, 5.41) is 24.0. The van der Waals surface area contributed by atoms with Gasteiger partial charge in [0, 0.05) is 18.5 Å². The fourth-order valence-electron chi connectivity index (χ4n) is 3.23. The Morgan fingerprint density at radius 2 is 2.19 bits per heavy atom. The van der Waals surface area contributed by atoms with Crippen molar-refractivity contribution in [2.24, 2.45) is 5.92 Å². The van der Waals surface area contributed by atoms with Crippen LogP contribution in [0, 0.1) is 16.0 Å². The van der Waals surface area contributed by atoms with Crippen LogP contribution >= 0.6 is 0 Å². The minimum atomic E-state index is -0.733. The summed E-state index contributed by atoms with van der Waals surface area (Å²) in [5.74, 6) is -0.756. The van der Waals surface area contributed by atoms with Crippen LogP contribution in [-0.2, 0) is 4.79 Å². The summed E-state index contributed by atoms with van der Waals surface area (Å²) < 4.78 is 11.8. The fraction of sp³-hybridized carbons (Fsp3) is 0.316. The second-order valence-electron chi connectivity index (χ2n) is 7.38. The van der Waals surface area contributed by atoms with Crippen LogP contribution < -0.4 is 16.0 Å². The molecule has 2 unspecified atom stereocenters. The first-order chi connectivity index (χ1) is 14.8. The molecule has 12 nitrogen and oxygen atoms in total. The number of rotatable bonds is 6. The zero-order valence-electron chi connectivity index (χ0n) is 16.7. The van der Waals surface area contributed by atoms with E-state index in [1.54, 1.807) is 18.2 Å². The Balaban J connectivity index is 1.66. The minimum absolute atomic E-state index is 0.0914. The van der Waals surface area contributed by atoms with Gasteiger partial charge in [-0.05, 0) is 24.1 Å². The Hall–Kier alpha value is -3.93. The summed E-state index contributed by atoms with van der Waals surface area (Å²) in [6.07, 6.45) is 1.08. The average Bonchev–Trinajstić information content (AvgIpc) is 3.47. The van der Waals surface area contributed by atoms with E-state index in [1.165, 1.54) is 17.0 Å². The van der Waals surface area contributed by atoms with E-state index in [1.807, 2.05) is 13.8 Å². The van der Waals surface area contributed by atoms with Gasteiger partial charge in [-0.2, -0.15) is 5.10 Å². The van der Waals surface area contributed by atoms with Crippen molar-refractivity contribution in [3.8, 4) is 11.5 Å². The van der Waals surface area contributed by atoms with E-state index in [2.05, 4.69) is 21.0 Å². The van der Waals surface area contributed by atoms with Crippen LogP contribution in [0.25, 0.3) is 11.5 Å². The molecule has 1 saturated heterocycles. The lowest BCUT2D eigenvalue weighted by Gasteiger charge is -2.34. The Morgan fingerprint density at radius 3 is 2.84 bits per heavy atom. The van der Waals surface area contributed by atoms with Crippen molar-refractivity contribution in [3.05, 3.63) is 52.5 Å². The molecule has 1 aliphatic rings. The standard InChI is InChI=1S/C19H20N6O6/c1-10(2)11-9-16(26)22-19(20-11)24-15(8-12(23-24)13-4-3-7-30-13)21-18(27)14-5-6-17(31-14)25(28)29/h3-8,10-11,19-20H,9H2,1-2H3,(H,21,27)(H,22,26). The molecule has 31 heavy (non-hydrogen) atoms. The third-order valence-electron chi connectivity index (χ3n) is 4.87. The molecule has 0 radical (unpaired) electrons. The van der Waals surface area contributed by atoms with Gasteiger partial charge < -0.3 is 19.5 Å². The summed E-state index contributed by atoms with van der Waals surface area (Å²) >= 11 is 0. The van der Waals surface area contributed by atoms with Crippen LogP contribution in [0.1, 0.15) is 37.1 Å². The highest BCUT2D eigenvalue weighted by Crippen LogP contribution is 2.26. The highest BCUT2D eigenvalue weighted by Gasteiger charge is 2.31. The molecule has 2 amide bonds. The van der Waals surface area contributed by atoms with Gasteiger partial charge in [0.1, 0.15) is 16.4 Å². The molecule has 0 bridgehead atoms. The van der Waals surface area contributed by atoms with Crippen molar-refractivity contribution < 1.29 is 23.3 Å². The molecule has 0 spiro atoms. The van der Waals surface area contributed by atoms with Gasteiger partial charge in [0.15, 0.2) is 17.8 Å². The lowest BCUT2D eigenvalue weighted by atomic mass is 9.99. The Labute approximate surface area is 175 Å². The minimum Gasteiger partial charge on any atom is -0.463 e. The topological polar surface area (TPSA) is 157 Å². The van der Waals surface area contributed by atoms with Crippen LogP contribution in [-0.4, -0.2) is 32.6 Å². The molecule has 3 aromatic heterocycles. The zero-order chi connectivity index (χ0) is 22.1. The number of nitrogens with one attached hydrogen (secondary N) is 3. The second-order valence-corrected chi connectivity index (χ2v) is 7.38. The molecule has 162 valence electrons. The summed E-state index contributed by atoms with van der Waals surface area (Å²) in [4.78, 5) is 34.9. The molecule has 0 saturated carbocycles. The van der Waals surface area contributed by atoms with Gasteiger partial charge in [-0.3, -0.25) is 25.0 Å². The predicted octanol–water partition coefficient (Wildman–Crippen LogP) is 2.49. The molecule has 12 heteroatoms. The molecule has 3 aromatic rings. The van der Waals surface area contributed by atoms with Crippen LogP contribution in [0.5, 0.6) is 0 Å². The third-order valence-corrected chi connectivity index (χ3v) is 4.87. The number of anilines is 1. The third kappa shape index (κ3) is 4.19. The van der Waals surface area contributed by atoms with Gasteiger partial charge in [0.05, 0.1) is 12.3 Å². The first-order valence-corrected chi connectivity index (χ1v) is 9.56. The molecule has 1 aliphatic heterocycles. The molecule has 1 fully saturated rings. The summed E-state index contributed by atoms with van der Waals surface area (Å²) in [7, 11) is 0. The zero-order valence-corrected chi connectivity index (χ0v) is 16.7. The van der Waals surface area contributed by atoms with Gasteiger partial charge in [-0.1, -0.05) is 13.8 Å². The molecule has 4 rings (SSSR count). The summed E-state index contributed by atoms with van der Waals surface area (Å²) in [5.41, 5.74) is 0.424. The average molecular weight is 428 g/mol. The quantitative estimate of drug-likeness (QED) is 0.399. The molecule has 0 aliphatic carbocycles. The van der Waals surface area contributed by atoms with Gasteiger partial charge in [0.2, 0.25) is 5.91 Å². The van der Waals surface area contributed by atoms with E-state index in [0.717, 1.165) is 6.07 Å². The van der Waals surface area contributed by atoms with Crippen LogP contribution in [0.2, 0.25) is 0 Å². The number of carbonyl (C=O) groups is 2. The van der Waals surface area contributed by atoms with Crippen molar-refractivity contribution in [3.63, 3.8) is 0 Å². The SMILES string of the molecule is CC(C)C1CC(=O)NC(n2nc(-c3ccco3)cc2NC(=O)c2ccc([N+](=O)[O-])o2)N1. The summed E-state index contributed by atoms with van der Waals surface area (Å²) in [6.45, 7) is 3.99. The van der Waals surface area contributed by atoms with E-state index in [0.29, 0.717) is 17.9 Å². The predicted molar refractivity (Wildman–Crippen MR) is 107 cm³/mol.